The lowest BCUT2D eigenvalue weighted by Crippen LogP contribution is -2.45. The number of ether oxygens (including phenoxy) is 1. The Morgan fingerprint density at radius 1 is 1.48 bits per heavy atom. The van der Waals surface area contributed by atoms with Crippen molar-refractivity contribution < 1.29 is 13.9 Å². The van der Waals surface area contributed by atoms with Crippen LogP contribution in [0, 0.1) is 5.82 Å². The monoisotopic (exact) mass is 295 g/mol. The molecule has 0 saturated carbocycles. The first-order valence-corrected chi connectivity index (χ1v) is 7.21. The first-order chi connectivity index (χ1) is 10.1. The van der Waals surface area contributed by atoms with E-state index in [2.05, 4.69) is 10.2 Å². The molecular formula is C15H22FN3O2. The molecular weight excluding hydrogens is 273 g/mol. The fourth-order valence-corrected chi connectivity index (χ4v) is 2.55. The second-order valence-electron chi connectivity index (χ2n) is 5.23. The molecule has 6 heteroatoms. The molecule has 1 heterocycles. The molecule has 0 atom stereocenters. The average molecular weight is 295 g/mol. The molecule has 1 amide bonds. The van der Waals surface area contributed by atoms with Gasteiger partial charge < -0.3 is 20.7 Å². The van der Waals surface area contributed by atoms with Crippen molar-refractivity contribution in [1.82, 2.24) is 10.2 Å². The Balaban J connectivity index is 1.90. The van der Waals surface area contributed by atoms with Gasteiger partial charge in [-0.2, -0.15) is 0 Å². The predicted octanol–water partition coefficient (Wildman–Crippen LogP) is 0.987. The molecule has 1 aliphatic heterocycles. The number of halogens is 1. The van der Waals surface area contributed by atoms with Crippen molar-refractivity contribution >= 4 is 5.91 Å². The van der Waals surface area contributed by atoms with E-state index in [1.54, 1.807) is 0 Å². The molecule has 116 valence electrons. The van der Waals surface area contributed by atoms with Crippen LogP contribution in [0.1, 0.15) is 23.2 Å². The number of nitrogens with zero attached hydrogens (tertiary/aromatic N) is 1. The molecule has 0 aliphatic carbocycles. The lowest BCUT2D eigenvalue weighted by Gasteiger charge is -2.32. The fourth-order valence-electron chi connectivity index (χ4n) is 2.55. The maximum Gasteiger partial charge on any atom is 0.251 e. The van der Waals surface area contributed by atoms with Gasteiger partial charge in [-0.05, 0) is 31.0 Å². The first-order valence-electron chi connectivity index (χ1n) is 7.21. The highest BCUT2D eigenvalue weighted by atomic mass is 19.1. The van der Waals surface area contributed by atoms with Crippen molar-refractivity contribution in [2.45, 2.75) is 18.9 Å². The van der Waals surface area contributed by atoms with Crippen molar-refractivity contribution in [3.05, 3.63) is 29.6 Å². The van der Waals surface area contributed by atoms with Gasteiger partial charge in [0, 0.05) is 37.8 Å². The van der Waals surface area contributed by atoms with Crippen LogP contribution in [0.15, 0.2) is 18.2 Å². The molecule has 0 radical (unpaired) electrons. The van der Waals surface area contributed by atoms with Gasteiger partial charge in [0.05, 0.1) is 7.11 Å². The van der Waals surface area contributed by atoms with Gasteiger partial charge in [-0.3, -0.25) is 4.79 Å². The predicted molar refractivity (Wildman–Crippen MR) is 78.9 cm³/mol. The number of piperidine rings is 1. The third kappa shape index (κ3) is 4.15. The summed E-state index contributed by atoms with van der Waals surface area (Å²) in [6.07, 6.45) is 1.81. The van der Waals surface area contributed by atoms with Gasteiger partial charge in [0.1, 0.15) is 0 Å². The molecule has 0 spiro atoms. The molecule has 2 rings (SSSR count). The molecule has 0 bridgehead atoms. The van der Waals surface area contributed by atoms with Crippen LogP contribution in [0.2, 0.25) is 0 Å². The standard InChI is InChI=1S/C15H22FN3O2/c1-21-14-10-11(2-3-13(14)16)15(20)18-12-4-7-19(8-5-12)9-6-17/h2-3,10,12H,4-9,17H2,1H3,(H,18,20). The van der Waals surface area contributed by atoms with E-state index in [0.29, 0.717) is 12.1 Å². The number of methoxy groups -OCH3 is 1. The molecule has 0 aromatic heterocycles. The Bertz CT molecular complexity index is 488. The number of rotatable bonds is 5. The molecule has 1 aromatic carbocycles. The summed E-state index contributed by atoms with van der Waals surface area (Å²) in [7, 11) is 1.38. The molecule has 5 nitrogen and oxygen atoms in total. The zero-order chi connectivity index (χ0) is 15.2. The number of nitrogens with one attached hydrogen (secondary N) is 1. The highest BCUT2D eigenvalue weighted by molar-refractivity contribution is 5.94. The third-order valence-electron chi connectivity index (χ3n) is 3.78. The topological polar surface area (TPSA) is 67.6 Å². The molecule has 1 aromatic rings. The van der Waals surface area contributed by atoms with Crippen LogP contribution in [-0.2, 0) is 0 Å². The molecule has 0 unspecified atom stereocenters. The summed E-state index contributed by atoms with van der Waals surface area (Å²) in [5, 5.41) is 2.99. The van der Waals surface area contributed by atoms with E-state index in [1.165, 1.54) is 25.3 Å². The fraction of sp³-hybridized carbons (Fsp3) is 0.533. The van der Waals surface area contributed by atoms with E-state index in [1.807, 2.05) is 0 Å². The SMILES string of the molecule is COc1cc(C(=O)NC2CCN(CCN)CC2)ccc1F. The Kier molecular flexibility index (Phi) is 5.52. The van der Waals surface area contributed by atoms with Crippen LogP contribution >= 0.6 is 0 Å². The van der Waals surface area contributed by atoms with Crippen LogP contribution < -0.4 is 15.8 Å². The minimum absolute atomic E-state index is 0.0837. The zero-order valence-corrected chi connectivity index (χ0v) is 12.3. The summed E-state index contributed by atoms with van der Waals surface area (Å²) in [5.41, 5.74) is 5.95. The molecule has 1 saturated heterocycles. The lowest BCUT2D eigenvalue weighted by atomic mass is 10.0. The number of carbonyl (C=O) groups excluding carboxylic acids is 1. The van der Waals surface area contributed by atoms with Crippen LogP contribution in [0.3, 0.4) is 0 Å². The van der Waals surface area contributed by atoms with E-state index in [9.17, 15) is 9.18 Å². The van der Waals surface area contributed by atoms with Crippen molar-refractivity contribution in [2.24, 2.45) is 5.73 Å². The summed E-state index contributed by atoms with van der Waals surface area (Å²) >= 11 is 0. The first kappa shape index (κ1) is 15.7. The number of nitrogens with two attached hydrogens (primary N) is 1. The number of carbonyl (C=O) groups is 1. The van der Waals surface area contributed by atoms with Crippen molar-refractivity contribution in [3.8, 4) is 5.75 Å². The summed E-state index contributed by atoms with van der Waals surface area (Å²) in [4.78, 5) is 14.5. The number of amides is 1. The second-order valence-corrected chi connectivity index (χ2v) is 5.23. The van der Waals surface area contributed by atoms with Gasteiger partial charge in [-0.1, -0.05) is 0 Å². The summed E-state index contributed by atoms with van der Waals surface area (Å²) < 4.78 is 18.2. The van der Waals surface area contributed by atoms with Crippen LogP contribution in [0.4, 0.5) is 4.39 Å². The quantitative estimate of drug-likeness (QED) is 0.850. The van der Waals surface area contributed by atoms with Gasteiger partial charge in [0.25, 0.3) is 5.91 Å². The molecule has 1 aliphatic rings. The third-order valence-corrected chi connectivity index (χ3v) is 3.78. The molecule has 21 heavy (non-hydrogen) atoms. The summed E-state index contributed by atoms with van der Waals surface area (Å²) in [5.74, 6) is -0.574. The van der Waals surface area contributed by atoms with E-state index in [-0.39, 0.29) is 17.7 Å². The van der Waals surface area contributed by atoms with E-state index in [0.717, 1.165) is 32.5 Å². The zero-order valence-electron chi connectivity index (χ0n) is 12.3. The molecule has 1 fully saturated rings. The maximum atomic E-state index is 13.3. The Hall–Kier alpha value is -1.66. The van der Waals surface area contributed by atoms with Crippen molar-refractivity contribution in [3.63, 3.8) is 0 Å². The molecule has 3 N–H and O–H groups in total. The number of hydrogen-bond acceptors (Lipinski definition) is 4. The second kappa shape index (κ2) is 7.38. The van der Waals surface area contributed by atoms with Crippen molar-refractivity contribution in [2.75, 3.05) is 33.3 Å². The Morgan fingerprint density at radius 2 is 2.19 bits per heavy atom. The summed E-state index contributed by atoms with van der Waals surface area (Å²) in [6, 6.07) is 4.30. The van der Waals surface area contributed by atoms with Gasteiger partial charge in [-0.15, -0.1) is 0 Å². The van der Waals surface area contributed by atoms with Crippen molar-refractivity contribution in [1.29, 1.82) is 0 Å². The van der Waals surface area contributed by atoms with Gasteiger partial charge >= 0.3 is 0 Å². The minimum Gasteiger partial charge on any atom is -0.494 e. The smallest absolute Gasteiger partial charge is 0.251 e. The van der Waals surface area contributed by atoms with E-state index >= 15 is 0 Å². The summed E-state index contributed by atoms with van der Waals surface area (Å²) in [6.45, 7) is 3.44. The van der Waals surface area contributed by atoms with E-state index in [4.69, 9.17) is 10.5 Å². The normalized spacial score (nSPS) is 16.7. The largest absolute Gasteiger partial charge is 0.494 e. The number of benzene rings is 1. The van der Waals surface area contributed by atoms with Crippen LogP contribution in [-0.4, -0.2) is 50.1 Å². The van der Waals surface area contributed by atoms with Gasteiger partial charge in [0.2, 0.25) is 0 Å². The van der Waals surface area contributed by atoms with Gasteiger partial charge in [-0.25, -0.2) is 4.39 Å². The minimum atomic E-state index is -0.468. The lowest BCUT2D eigenvalue weighted by molar-refractivity contribution is 0.0911. The number of likely N-dealkylation sites (tertiary alicyclic amines) is 1. The number of hydrogen-bond donors (Lipinski definition) is 2. The van der Waals surface area contributed by atoms with E-state index < -0.39 is 5.82 Å². The van der Waals surface area contributed by atoms with Crippen LogP contribution in [0.25, 0.3) is 0 Å². The van der Waals surface area contributed by atoms with Crippen LogP contribution in [0.5, 0.6) is 5.75 Å². The average Bonchev–Trinajstić information content (AvgIpc) is 2.50. The van der Waals surface area contributed by atoms with Gasteiger partial charge in [0.15, 0.2) is 11.6 Å². The Labute approximate surface area is 124 Å². The highest BCUT2D eigenvalue weighted by Gasteiger charge is 2.21. The highest BCUT2D eigenvalue weighted by Crippen LogP contribution is 2.18. The Morgan fingerprint density at radius 3 is 2.81 bits per heavy atom. The maximum absolute atomic E-state index is 13.3.